The van der Waals surface area contributed by atoms with Crippen molar-refractivity contribution >= 4 is 11.9 Å². The van der Waals surface area contributed by atoms with Gasteiger partial charge in [0.15, 0.2) is 0 Å². The Labute approximate surface area is 76.7 Å². The Morgan fingerprint density at radius 2 is 2.27 bits per heavy atom. The normalized spacial score (nSPS) is 23.2. The quantitative estimate of drug-likeness (QED) is 0.352. The van der Waals surface area contributed by atoms with Crippen molar-refractivity contribution in [3.63, 3.8) is 0 Å². The van der Waals surface area contributed by atoms with Crippen LogP contribution in [0.15, 0.2) is 0 Å². The number of carboxylic acids is 1. The molecular weight excluding hydrogens is 141 g/mol. The summed E-state index contributed by atoms with van der Waals surface area (Å²) in [5.41, 5.74) is 0. The zero-order valence-corrected chi connectivity index (χ0v) is 6.66. The first-order chi connectivity index (χ1) is 4.63. The number of carbonyl (C=O) groups is 2. The van der Waals surface area contributed by atoms with Gasteiger partial charge in [-0.2, -0.15) is 0 Å². The van der Waals surface area contributed by atoms with Crippen LogP contribution in [0.5, 0.6) is 0 Å². The van der Waals surface area contributed by atoms with Crippen LogP contribution in [0.4, 0.5) is 0 Å². The van der Waals surface area contributed by atoms with Crippen molar-refractivity contribution < 1.29 is 33.6 Å². The first kappa shape index (κ1) is 10.5. The Morgan fingerprint density at radius 3 is 2.45 bits per heavy atom. The fourth-order valence-electron chi connectivity index (χ4n) is 1.08. The molecule has 0 spiro atoms. The van der Waals surface area contributed by atoms with Gasteiger partial charge in [-0.1, -0.05) is 0 Å². The molecule has 0 aromatic carbocycles. The number of carbonyl (C=O) groups excluding carboxylic acids is 2. The molecule has 0 radical (unpaired) electrons. The van der Waals surface area contributed by atoms with E-state index >= 15 is 0 Å². The monoisotopic (exact) mass is 149 g/mol. The molecule has 1 heterocycles. The van der Waals surface area contributed by atoms with E-state index in [0.29, 0.717) is 12.8 Å². The van der Waals surface area contributed by atoms with Gasteiger partial charge in [-0.25, -0.2) is 0 Å². The van der Waals surface area contributed by atoms with Gasteiger partial charge in [0, 0.05) is 13.5 Å². The smallest absolute Gasteiger partial charge is 0.548 e. The van der Waals surface area contributed by atoms with Crippen LogP contribution in [0, 0.1) is 0 Å². The van der Waals surface area contributed by atoms with Crippen LogP contribution < -0.4 is 24.0 Å². The number of carboxylic acid groups (broad SMARTS) is 1. The van der Waals surface area contributed by atoms with Crippen molar-refractivity contribution in [3.05, 3.63) is 0 Å². The fourth-order valence-corrected chi connectivity index (χ4v) is 1.08. The number of rotatable bonds is 1. The number of aliphatic carboxylic acids is 1. The predicted molar refractivity (Wildman–Crippen MR) is 30.8 cm³/mol. The molecule has 1 fully saturated rings. The Bertz CT molecular complexity index is 183. The van der Waals surface area contributed by atoms with E-state index in [9.17, 15) is 14.7 Å². The van der Waals surface area contributed by atoms with Crippen LogP contribution in [-0.4, -0.2) is 29.9 Å². The van der Waals surface area contributed by atoms with Gasteiger partial charge in [-0.15, -0.1) is 0 Å². The zero-order chi connectivity index (χ0) is 7.72. The molecule has 56 valence electrons. The number of hydrogen-bond acceptors (Lipinski definition) is 3. The van der Waals surface area contributed by atoms with Crippen molar-refractivity contribution in [1.29, 1.82) is 0 Å². The van der Waals surface area contributed by atoms with E-state index in [-0.39, 0.29) is 24.8 Å². The maximum atomic E-state index is 10.7. The third-order valence-corrected chi connectivity index (χ3v) is 1.76. The van der Waals surface area contributed by atoms with Gasteiger partial charge in [-0.05, 0) is 6.42 Å². The van der Waals surface area contributed by atoms with Gasteiger partial charge in [-0.3, -0.25) is 4.79 Å². The van der Waals surface area contributed by atoms with E-state index in [0.717, 1.165) is 0 Å². The molecule has 0 bridgehead atoms. The first-order valence-corrected chi connectivity index (χ1v) is 3.09. The third kappa shape index (κ3) is 1.98. The van der Waals surface area contributed by atoms with Gasteiger partial charge >= 0.3 is 18.9 Å². The molecule has 0 unspecified atom stereocenters. The largest absolute Gasteiger partial charge is 1.00 e. The van der Waals surface area contributed by atoms with Crippen molar-refractivity contribution in [3.8, 4) is 0 Å². The summed E-state index contributed by atoms with van der Waals surface area (Å²) >= 11 is 0. The maximum Gasteiger partial charge on any atom is 1.00 e. The fraction of sp³-hybridized carbons (Fsp3) is 0.667. The van der Waals surface area contributed by atoms with E-state index in [1.165, 1.54) is 11.9 Å². The summed E-state index contributed by atoms with van der Waals surface area (Å²) in [4.78, 5) is 22.2. The summed E-state index contributed by atoms with van der Waals surface area (Å²) in [5, 5.41) is 10.3. The summed E-state index contributed by atoms with van der Waals surface area (Å²) in [6.07, 6.45) is 0.715. The first-order valence-electron chi connectivity index (χ1n) is 3.09. The van der Waals surface area contributed by atoms with Crippen LogP contribution in [0.25, 0.3) is 0 Å². The molecule has 0 aromatic rings. The molecule has 1 saturated heterocycles. The SMILES string of the molecule is CN1C(=O)CC[C@@H]1C(=O)[O-].[Li+]. The van der Waals surface area contributed by atoms with Crippen LogP contribution in [0.1, 0.15) is 12.8 Å². The second-order valence-corrected chi connectivity index (χ2v) is 2.38. The Morgan fingerprint density at radius 1 is 1.73 bits per heavy atom. The van der Waals surface area contributed by atoms with Crippen LogP contribution in [0.3, 0.4) is 0 Å². The van der Waals surface area contributed by atoms with Crippen LogP contribution in [0.2, 0.25) is 0 Å². The van der Waals surface area contributed by atoms with Crippen molar-refractivity contribution in [2.24, 2.45) is 0 Å². The average Bonchev–Trinajstić information content (AvgIpc) is 2.14. The number of nitrogens with zero attached hydrogens (tertiary/aromatic N) is 1. The van der Waals surface area contributed by atoms with E-state index in [2.05, 4.69) is 0 Å². The summed E-state index contributed by atoms with van der Waals surface area (Å²) < 4.78 is 0. The number of likely N-dealkylation sites (N-methyl/N-ethyl adjacent to an activating group) is 1. The van der Waals surface area contributed by atoms with Crippen LogP contribution >= 0.6 is 0 Å². The molecule has 1 atom stereocenters. The zero-order valence-electron chi connectivity index (χ0n) is 6.66. The predicted octanol–water partition coefficient (Wildman–Crippen LogP) is -4.64. The molecule has 0 saturated carbocycles. The molecule has 0 aliphatic carbocycles. The number of hydrogen-bond donors (Lipinski definition) is 0. The van der Waals surface area contributed by atoms with Gasteiger partial charge < -0.3 is 14.8 Å². The second kappa shape index (κ2) is 3.79. The standard InChI is InChI=1S/C6H9NO3.Li/c1-7-4(6(9)10)2-3-5(7)8;/h4H,2-3H2,1H3,(H,9,10);/q;+1/p-1/t4-;/m1./s1. The van der Waals surface area contributed by atoms with Crippen LogP contribution in [-0.2, 0) is 9.59 Å². The molecule has 4 nitrogen and oxygen atoms in total. The number of likely N-dealkylation sites (tertiary alicyclic amines) is 1. The second-order valence-electron chi connectivity index (χ2n) is 2.38. The Balaban J connectivity index is 0.000001000. The molecule has 0 aromatic heterocycles. The summed E-state index contributed by atoms with van der Waals surface area (Å²) in [6.45, 7) is 0. The maximum absolute atomic E-state index is 10.7. The molecule has 1 amide bonds. The summed E-state index contributed by atoms with van der Waals surface area (Å²) in [5.74, 6) is -1.28. The van der Waals surface area contributed by atoms with Gasteiger partial charge in [0.1, 0.15) is 0 Å². The molecule has 0 N–H and O–H groups in total. The molecular formula is C6H8LiNO3. The molecule has 1 rings (SSSR count). The molecule has 1 aliphatic rings. The summed E-state index contributed by atoms with van der Waals surface area (Å²) in [7, 11) is 1.48. The van der Waals surface area contributed by atoms with Crippen molar-refractivity contribution in [2.75, 3.05) is 7.05 Å². The minimum absolute atomic E-state index is 0. The van der Waals surface area contributed by atoms with E-state index in [1.807, 2.05) is 0 Å². The summed E-state index contributed by atoms with van der Waals surface area (Å²) in [6, 6.07) is -0.701. The van der Waals surface area contributed by atoms with Crippen molar-refractivity contribution in [2.45, 2.75) is 18.9 Å². The van der Waals surface area contributed by atoms with Gasteiger partial charge in [0.05, 0.1) is 12.0 Å². The number of amides is 1. The minimum Gasteiger partial charge on any atom is -0.548 e. The molecule has 5 heteroatoms. The van der Waals surface area contributed by atoms with Gasteiger partial charge in [0.2, 0.25) is 5.91 Å². The van der Waals surface area contributed by atoms with E-state index < -0.39 is 12.0 Å². The van der Waals surface area contributed by atoms with E-state index in [4.69, 9.17) is 0 Å². The molecule has 1 aliphatic heterocycles. The van der Waals surface area contributed by atoms with Gasteiger partial charge in [0.25, 0.3) is 0 Å². The average molecular weight is 149 g/mol. The Kier molecular flexibility index (Phi) is 3.63. The third-order valence-electron chi connectivity index (χ3n) is 1.76. The minimum atomic E-state index is -1.16. The van der Waals surface area contributed by atoms with E-state index in [1.54, 1.807) is 0 Å². The Hall–Kier alpha value is -0.463. The topological polar surface area (TPSA) is 60.4 Å². The molecule has 11 heavy (non-hydrogen) atoms. The van der Waals surface area contributed by atoms with Crippen molar-refractivity contribution in [1.82, 2.24) is 4.90 Å².